The first-order chi connectivity index (χ1) is 10.0. The Kier molecular flexibility index (Phi) is 17.6. The third-order valence-corrected chi connectivity index (χ3v) is 6.08. The first-order valence-corrected chi connectivity index (χ1v) is 9.80. The molecule has 0 atom stereocenters. The second-order valence-electron chi connectivity index (χ2n) is 7.25. The van der Waals surface area contributed by atoms with Gasteiger partial charge in [-0.15, -0.1) is 0 Å². The molecule has 1 aliphatic rings. The molecule has 25 heavy (non-hydrogen) atoms. The summed E-state index contributed by atoms with van der Waals surface area (Å²) in [4.78, 5) is 0. The molecule has 0 saturated heterocycles. The van der Waals surface area contributed by atoms with Crippen LogP contribution < -0.4 is 42.4 Å². The largest absolute Gasteiger partial charge is 4.00 e. The molecule has 0 bridgehead atoms. The van der Waals surface area contributed by atoms with Gasteiger partial charge in [0.1, 0.15) is 0 Å². The second-order valence-corrected chi connectivity index (χ2v) is 9.28. The average Bonchev–Trinajstić information content (AvgIpc) is 2.83. The zero-order valence-corrected chi connectivity index (χ0v) is 21.0. The van der Waals surface area contributed by atoms with Gasteiger partial charge in [0.2, 0.25) is 0 Å². The van der Waals surface area contributed by atoms with Crippen LogP contribution in [-0.4, -0.2) is 9.52 Å². The fourth-order valence-corrected chi connectivity index (χ4v) is 5.33. The van der Waals surface area contributed by atoms with Crippen molar-refractivity contribution >= 4 is 14.7 Å². The summed E-state index contributed by atoms with van der Waals surface area (Å²) in [6, 6.07) is 11.1. The van der Waals surface area contributed by atoms with Crippen LogP contribution in [0, 0.1) is 11.5 Å². The van der Waals surface area contributed by atoms with Gasteiger partial charge in [0, 0.05) is 0 Å². The number of hydrogen-bond acceptors (Lipinski definition) is 0. The van der Waals surface area contributed by atoms with Crippen molar-refractivity contribution in [2.24, 2.45) is 5.41 Å². The summed E-state index contributed by atoms with van der Waals surface area (Å²) in [6.07, 6.45) is 10.2. The summed E-state index contributed by atoms with van der Waals surface area (Å²) in [6.45, 7) is 9.29. The van der Waals surface area contributed by atoms with E-state index in [1.54, 1.807) is 16.0 Å². The molecule has 0 fully saturated rings. The van der Waals surface area contributed by atoms with Gasteiger partial charge in [0.15, 0.2) is 0 Å². The van der Waals surface area contributed by atoms with Crippen LogP contribution in [0.4, 0.5) is 0 Å². The van der Waals surface area contributed by atoms with Crippen LogP contribution in [-0.2, 0) is 21.7 Å². The van der Waals surface area contributed by atoms with E-state index in [4.69, 9.17) is 0 Å². The molecule has 0 radical (unpaired) electrons. The van der Waals surface area contributed by atoms with Crippen molar-refractivity contribution in [3.05, 3.63) is 52.8 Å². The van der Waals surface area contributed by atoms with Gasteiger partial charge in [-0.25, -0.2) is 16.8 Å². The van der Waals surface area contributed by atoms with Crippen LogP contribution in [0.5, 0.6) is 0 Å². The quantitative estimate of drug-likeness (QED) is 0.232. The van der Waals surface area contributed by atoms with Crippen molar-refractivity contribution < 1.29 is 58.9 Å². The molecular weight excluding hydrogens is 423 g/mol. The Bertz CT molecular complexity index is 534. The molecule has 0 heterocycles. The molecule has 2 rings (SSSR count). The monoisotopic (exact) mass is 450 g/mol. The minimum absolute atomic E-state index is 0. The molecule has 0 unspecified atom stereocenters. The summed E-state index contributed by atoms with van der Waals surface area (Å²) in [5.74, 6) is 0. The van der Waals surface area contributed by atoms with E-state index in [0.717, 1.165) is 0 Å². The number of hydrogen-bond donors (Lipinski definition) is 0. The Morgan fingerprint density at radius 1 is 1.00 bits per heavy atom. The van der Waals surface area contributed by atoms with E-state index >= 15 is 0 Å². The Hall–Kier alpha value is 0.501. The maximum Gasteiger partial charge on any atom is 4.00 e. The van der Waals surface area contributed by atoms with Gasteiger partial charge in [-0.2, -0.15) is 5.57 Å². The van der Waals surface area contributed by atoms with Gasteiger partial charge in [-0.3, -0.25) is 0 Å². The third kappa shape index (κ3) is 9.84. The summed E-state index contributed by atoms with van der Waals surface area (Å²) >= 11 is 0. The predicted octanol–water partition coefficient (Wildman–Crippen LogP) is -4.50. The summed E-state index contributed by atoms with van der Waals surface area (Å²) in [5.41, 5.74) is 3.32. The third-order valence-electron chi connectivity index (χ3n) is 4.17. The van der Waals surface area contributed by atoms with Crippen molar-refractivity contribution in [2.75, 3.05) is 0 Å². The Morgan fingerprint density at radius 3 is 2.12 bits per heavy atom. The molecular formula is C20H29Cl3SiTi. The molecule has 5 heteroatoms. The van der Waals surface area contributed by atoms with Gasteiger partial charge in [-0.05, 0) is 14.9 Å². The standard InChI is InChI=1S/C20H29Si.3ClH.Ti/c1-5-6-8-11-16-14-18(20(2,3)4)19(15-16)21-17-12-9-7-10-13-17;;;;/h7,9-10,12-13H,5-6,8,11,15,21H2,1-4H3;3*1H;/q-1;;;;+4/p-3. The molecule has 1 aliphatic carbocycles. The number of rotatable bonds is 6. The van der Waals surface area contributed by atoms with Gasteiger partial charge in [0.25, 0.3) is 0 Å². The van der Waals surface area contributed by atoms with Crippen LogP contribution in [0.2, 0.25) is 0 Å². The molecule has 0 saturated carbocycles. The van der Waals surface area contributed by atoms with Crippen molar-refractivity contribution in [2.45, 2.75) is 59.8 Å². The van der Waals surface area contributed by atoms with E-state index in [-0.39, 0.29) is 73.9 Å². The van der Waals surface area contributed by atoms with Gasteiger partial charge in [-0.1, -0.05) is 95.3 Å². The fourth-order valence-electron chi connectivity index (χ4n) is 3.11. The number of unbranched alkanes of at least 4 members (excludes halogenated alkanes) is 2. The molecule has 0 nitrogen and oxygen atoms in total. The first kappa shape index (κ1) is 30.2. The molecule has 0 aromatic heterocycles. The van der Waals surface area contributed by atoms with E-state index in [1.165, 1.54) is 37.7 Å². The van der Waals surface area contributed by atoms with E-state index in [2.05, 4.69) is 64.1 Å². The van der Waals surface area contributed by atoms with E-state index in [9.17, 15) is 0 Å². The Labute approximate surface area is 190 Å². The first-order valence-electron chi connectivity index (χ1n) is 8.39. The average molecular weight is 452 g/mol. The maximum atomic E-state index is 3.79. The second kappa shape index (κ2) is 14.5. The van der Waals surface area contributed by atoms with Crippen molar-refractivity contribution in [3.8, 4) is 0 Å². The number of halogens is 3. The minimum atomic E-state index is -0.326. The van der Waals surface area contributed by atoms with Crippen molar-refractivity contribution in [1.82, 2.24) is 0 Å². The zero-order chi connectivity index (χ0) is 15.3. The van der Waals surface area contributed by atoms with Gasteiger partial charge in [0.05, 0.1) is 0 Å². The maximum absolute atomic E-state index is 3.79. The zero-order valence-electron chi connectivity index (χ0n) is 15.8. The molecule has 0 N–H and O–H groups in total. The number of allylic oxidation sites excluding steroid dienone is 4. The molecule has 0 amide bonds. The van der Waals surface area contributed by atoms with E-state index in [0.29, 0.717) is 0 Å². The number of benzene rings is 1. The normalized spacial score (nSPS) is 13.5. The summed E-state index contributed by atoms with van der Waals surface area (Å²) in [7, 11) is -0.326. The Morgan fingerprint density at radius 2 is 1.60 bits per heavy atom. The van der Waals surface area contributed by atoms with Crippen molar-refractivity contribution in [3.63, 3.8) is 0 Å². The summed E-state index contributed by atoms with van der Waals surface area (Å²) in [5, 5.41) is 3.28. The molecule has 138 valence electrons. The van der Waals surface area contributed by atoms with Crippen LogP contribution >= 0.6 is 0 Å². The topological polar surface area (TPSA) is 0 Å². The molecule has 1 aromatic rings. The smallest absolute Gasteiger partial charge is 1.00 e. The van der Waals surface area contributed by atoms with Crippen LogP contribution in [0.3, 0.4) is 0 Å². The van der Waals surface area contributed by atoms with Crippen LogP contribution in [0.1, 0.15) is 59.8 Å². The van der Waals surface area contributed by atoms with Gasteiger partial charge < -0.3 is 37.2 Å². The predicted molar refractivity (Wildman–Crippen MR) is 96.6 cm³/mol. The molecule has 0 spiro atoms. The van der Waals surface area contributed by atoms with E-state index in [1.807, 2.05) is 0 Å². The van der Waals surface area contributed by atoms with Crippen molar-refractivity contribution in [1.29, 1.82) is 0 Å². The van der Waals surface area contributed by atoms with Crippen LogP contribution in [0.25, 0.3) is 0 Å². The van der Waals surface area contributed by atoms with Crippen LogP contribution in [0.15, 0.2) is 46.7 Å². The fraction of sp³-hybridized carbons (Fsp3) is 0.500. The minimum Gasteiger partial charge on any atom is -1.00 e. The van der Waals surface area contributed by atoms with E-state index < -0.39 is 0 Å². The summed E-state index contributed by atoms with van der Waals surface area (Å²) < 4.78 is 0. The Balaban J connectivity index is -0.00000121. The molecule has 0 aliphatic heterocycles. The molecule has 1 aromatic carbocycles. The SMILES string of the molecule is CCCCCC1=[C-]C(C(C)(C)C)=C([SiH2]c2ccccc2)C1.[Cl-].[Cl-].[Cl-].[Ti+4]. The van der Waals surface area contributed by atoms with Gasteiger partial charge >= 0.3 is 21.7 Å².